The molecule has 1 atom stereocenters. The minimum atomic E-state index is -0.0993. The summed E-state index contributed by atoms with van der Waals surface area (Å²) < 4.78 is 10.5. The number of methoxy groups -OCH3 is 1. The zero-order valence-electron chi connectivity index (χ0n) is 10.3. The topological polar surface area (TPSA) is 65.2 Å². The van der Waals surface area contributed by atoms with Crippen LogP contribution in [-0.4, -0.2) is 23.0 Å². The molecule has 0 saturated heterocycles. The number of aromatic nitrogens is 2. The molecule has 0 spiro atoms. The van der Waals surface area contributed by atoms with Crippen molar-refractivity contribution in [2.24, 2.45) is 0 Å². The van der Waals surface area contributed by atoms with Gasteiger partial charge < -0.3 is 9.26 Å². The molecule has 1 heterocycles. The van der Waals surface area contributed by atoms with E-state index in [2.05, 4.69) is 10.1 Å². The first-order valence-corrected chi connectivity index (χ1v) is 6.12. The molecule has 1 aromatic rings. The smallest absolute Gasteiger partial charge is 0.229 e. The molecule has 1 fully saturated rings. The maximum atomic E-state index is 11.2. The van der Waals surface area contributed by atoms with Crippen LogP contribution in [0, 0.1) is 0 Å². The number of carbonyl (C=O) groups excluding carboxylic acids is 1. The van der Waals surface area contributed by atoms with Gasteiger partial charge in [-0.2, -0.15) is 4.98 Å². The lowest BCUT2D eigenvalue weighted by molar-refractivity contribution is -0.120. The Labute approximate surface area is 101 Å². The predicted molar refractivity (Wildman–Crippen MR) is 60.6 cm³/mol. The van der Waals surface area contributed by atoms with Crippen molar-refractivity contribution in [3.05, 3.63) is 11.7 Å². The van der Waals surface area contributed by atoms with Gasteiger partial charge in [0, 0.05) is 25.9 Å². The standard InChI is InChI=1S/C12H18N2O3/c1-3-10(16-2)11-13-12(17-14-11)8-4-6-9(15)7-5-8/h8,10H,3-7H2,1-2H3. The third-order valence-electron chi connectivity index (χ3n) is 3.29. The molecular formula is C12H18N2O3. The van der Waals surface area contributed by atoms with Crippen molar-refractivity contribution >= 4 is 5.78 Å². The zero-order chi connectivity index (χ0) is 12.3. The maximum Gasteiger partial charge on any atom is 0.229 e. The van der Waals surface area contributed by atoms with Crippen LogP contribution in [0.15, 0.2) is 4.52 Å². The highest BCUT2D eigenvalue weighted by Crippen LogP contribution is 2.31. The molecule has 1 unspecified atom stereocenters. The second-order valence-corrected chi connectivity index (χ2v) is 4.44. The van der Waals surface area contributed by atoms with Crippen LogP contribution in [0.4, 0.5) is 0 Å². The van der Waals surface area contributed by atoms with E-state index in [0.29, 0.717) is 30.3 Å². The Bertz CT molecular complexity index is 375. The van der Waals surface area contributed by atoms with Crippen molar-refractivity contribution in [2.45, 2.75) is 51.0 Å². The van der Waals surface area contributed by atoms with E-state index in [0.717, 1.165) is 19.3 Å². The molecule has 0 amide bonds. The van der Waals surface area contributed by atoms with Gasteiger partial charge in [0.15, 0.2) is 0 Å². The Morgan fingerprint density at radius 3 is 2.76 bits per heavy atom. The first-order valence-electron chi connectivity index (χ1n) is 6.12. The minimum Gasteiger partial charge on any atom is -0.373 e. The summed E-state index contributed by atoms with van der Waals surface area (Å²) in [6.45, 7) is 2.02. The molecule has 0 aromatic carbocycles. The molecule has 94 valence electrons. The predicted octanol–water partition coefficient (Wildman–Crippen LogP) is 2.39. The number of rotatable bonds is 4. The van der Waals surface area contributed by atoms with Gasteiger partial charge in [0.25, 0.3) is 0 Å². The molecule has 5 heteroatoms. The van der Waals surface area contributed by atoms with E-state index in [4.69, 9.17) is 9.26 Å². The first kappa shape index (κ1) is 12.2. The van der Waals surface area contributed by atoms with Gasteiger partial charge in [0.2, 0.25) is 11.7 Å². The van der Waals surface area contributed by atoms with E-state index >= 15 is 0 Å². The maximum absolute atomic E-state index is 11.2. The summed E-state index contributed by atoms with van der Waals surface area (Å²) in [5, 5.41) is 3.96. The molecule has 0 N–H and O–H groups in total. The second-order valence-electron chi connectivity index (χ2n) is 4.44. The Balaban J connectivity index is 2.05. The van der Waals surface area contributed by atoms with Crippen LogP contribution in [0.3, 0.4) is 0 Å². The summed E-state index contributed by atoms with van der Waals surface area (Å²) in [6.07, 6.45) is 3.62. The van der Waals surface area contributed by atoms with Crippen molar-refractivity contribution < 1.29 is 14.1 Å². The van der Waals surface area contributed by atoms with Crippen LogP contribution in [0.25, 0.3) is 0 Å². The van der Waals surface area contributed by atoms with Gasteiger partial charge in [0.05, 0.1) is 0 Å². The van der Waals surface area contributed by atoms with E-state index in [-0.39, 0.29) is 12.0 Å². The Morgan fingerprint density at radius 2 is 2.18 bits per heavy atom. The van der Waals surface area contributed by atoms with Crippen molar-refractivity contribution in [1.29, 1.82) is 0 Å². The highest BCUT2D eigenvalue weighted by Gasteiger charge is 2.26. The van der Waals surface area contributed by atoms with Crippen LogP contribution in [0.1, 0.15) is 62.8 Å². The third kappa shape index (κ3) is 2.72. The van der Waals surface area contributed by atoms with E-state index < -0.39 is 0 Å². The SMILES string of the molecule is CCC(OC)c1noc(C2CCC(=O)CC2)n1. The van der Waals surface area contributed by atoms with Crippen LogP contribution in [0.5, 0.6) is 0 Å². The number of Topliss-reactive ketones (excluding diaryl/α,β-unsaturated/α-hetero) is 1. The highest BCUT2D eigenvalue weighted by molar-refractivity contribution is 5.79. The fourth-order valence-electron chi connectivity index (χ4n) is 2.19. The number of nitrogens with zero attached hydrogens (tertiary/aromatic N) is 2. The summed E-state index contributed by atoms with van der Waals surface area (Å²) >= 11 is 0. The normalized spacial score (nSPS) is 19.5. The molecule has 0 bridgehead atoms. The monoisotopic (exact) mass is 238 g/mol. The molecule has 2 rings (SSSR count). The van der Waals surface area contributed by atoms with Gasteiger partial charge in [-0.05, 0) is 19.3 Å². The van der Waals surface area contributed by atoms with Crippen LogP contribution >= 0.6 is 0 Å². The summed E-state index contributed by atoms with van der Waals surface area (Å²) in [6, 6.07) is 0. The lowest BCUT2D eigenvalue weighted by atomic mass is 9.88. The number of ketones is 1. The van der Waals surface area contributed by atoms with Gasteiger partial charge in [-0.1, -0.05) is 12.1 Å². The Kier molecular flexibility index (Phi) is 3.89. The summed E-state index contributed by atoms with van der Waals surface area (Å²) in [5.74, 6) is 1.84. The van der Waals surface area contributed by atoms with Gasteiger partial charge in [0.1, 0.15) is 11.9 Å². The van der Waals surface area contributed by atoms with Crippen molar-refractivity contribution in [1.82, 2.24) is 10.1 Å². The quantitative estimate of drug-likeness (QED) is 0.805. The molecule has 1 aliphatic carbocycles. The van der Waals surface area contributed by atoms with Crippen molar-refractivity contribution in [3.63, 3.8) is 0 Å². The average Bonchev–Trinajstić information content (AvgIpc) is 2.81. The summed E-state index contributed by atoms with van der Waals surface area (Å²) in [5.41, 5.74) is 0. The van der Waals surface area contributed by atoms with Crippen molar-refractivity contribution in [3.8, 4) is 0 Å². The lowest BCUT2D eigenvalue weighted by Gasteiger charge is -2.16. The Morgan fingerprint density at radius 1 is 1.47 bits per heavy atom. The van der Waals surface area contributed by atoms with Gasteiger partial charge in [-0.15, -0.1) is 0 Å². The number of carbonyl (C=O) groups is 1. The molecule has 0 aliphatic heterocycles. The highest BCUT2D eigenvalue weighted by atomic mass is 16.5. The van der Waals surface area contributed by atoms with Crippen LogP contribution in [-0.2, 0) is 9.53 Å². The molecular weight excluding hydrogens is 220 g/mol. The van der Waals surface area contributed by atoms with Gasteiger partial charge >= 0.3 is 0 Å². The largest absolute Gasteiger partial charge is 0.373 e. The molecule has 0 radical (unpaired) electrons. The fourth-order valence-corrected chi connectivity index (χ4v) is 2.19. The molecule has 1 saturated carbocycles. The van der Waals surface area contributed by atoms with E-state index in [1.807, 2.05) is 6.92 Å². The number of hydrogen-bond acceptors (Lipinski definition) is 5. The Hall–Kier alpha value is -1.23. The summed E-state index contributed by atoms with van der Waals surface area (Å²) in [7, 11) is 1.64. The molecule has 5 nitrogen and oxygen atoms in total. The molecule has 1 aliphatic rings. The van der Waals surface area contributed by atoms with Gasteiger partial charge in [-0.25, -0.2) is 0 Å². The lowest BCUT2D eigenvalue weighted by Crippen LogP contribution is -2.12. The van der Waals surface area contributed by atoms with E-state index in [9.17, 15) is 4.79 Å². The van der Waals surface area contributed by atoms with Gasteiger partial charge in [-0.3, -0.25) is 4.79 Å². The molecule has 1 aromatic heterocycles. The van der Waals surface area contributed by atoms with E-state index in [1.54, 1.807) is 7.11 Å². The van der Waals surface area contributed by atoms with Crippen LogP contribution in [0.2, 0.25) is 0 Å². The summed E-state index contributed by atoms with van der Waals surface area (Å²) in [4.78, 5) is 15.5. The van der Waals surface area contributed by atoms with Crippen LogP contribution < -0.4 is 0 Å². The molecule has 17 heavy (non-hydrogen) atoms. The first-order chi connectivity index (χ1) is 8.24. The second kappa shape index (κ2) is 5.40. The number of ether oxygens (including phenoxy) is 1. The van der Waals surface area contributed by atoms with Crippen molar-refractivity contribution in [2.75, 3.05) is 7.11 Å². The fraction of sp³-hybridized carbons (Fsp3) is 0.750. The van der Waals surface area contributed by atoms with E-state index in [1.165, 1.54) is 0 Å². The number of hydrogen-bond donors (Lipinski definition) is 0. The zero-order valence-corrected chi connectivity index (χ0v) is 10.3. The third-order valence-corrected chi connectivity index (χ3v) is 3.29. The average molecular weight is 238 g/mol. The minimum absolute atomic E-state index is 0.0993.